The van der Waals surface area contributed by atoms with E-state index in [9.17, 15) is 0 Å². The Balaban J connectivity index is 1.82. The highest BCUT2D eigenvalue weighted by Gasteiger charge is 2.21. The van der Waals surface area contributed by atoms with E-state index in [1.807, 2.05) is 6.07 Å². The summed E-state index contributed by atoms with van der Waals surface area (Å²) in [6.45, 7) is 7.86. The molecule has 3 nitrogen and oxygen atoms in total. The van der Waals surface area contributed by atoms with E-state index in [-0.39, 0.29) is 0 Å². The molecule has 1 aromatic rings. The molecule has 2 heterocycles. The molecule has 2 rings (SSSR count). The van der Waals surface area contributed by atoms with E-state index in [1.165, 1.54) is 0 Å². The van der Waals surface area contributed by atoms with Gasteiger partial charge in [0.2, 0.25) is 0 Å². The molecule has 0 aromatic carbocycles. The molecule has 1 fully saturated rings. The molecule has 0 bridgehead atoms. The minimum atomic E-state index is 0.609. The molecule has 0 saturated carbocycles. The second-order valence-corrected chi connectivity index (χ2v) is 4.48. The molecule has 1 saturated heterocycles. The summed E-state index contributed by atoms with van der Waals surface area (Å²) in [4.78, 5) is 2.53. The van der Waals surface area contributed by atoms with E-state index >= 15 is 0 Å². The third-order valence-electron chi connectivity index (χ3n) is 3.12. The van der Waals surface area contributed by atoms with Gasteiger partial charge in [-0.15, -0.1) is 0 Å². The fraction of sp³-hybridized carbons (Fsp3) is 0.667. The van der Waals surface area contributed by atoms with Gasteiger partial charge in [-0.3, -0.25) is 4.90 Å². The predicted molar refractivity (Wildman–Crippen MR) is 60.9 cm³/mol. The molecule has 15 heavy (non-hydrogen) atoms. The number of nitrogens with zero attached hydrogens (tertiary/aromatic N) is 1. The van der Waals surface area contributed by atoms with Gasteiger partial charge in [0, 0.05) is 38.1 Å². The zero-order chi connectivity index (χ0) is 10.7. The lowest BCUT2D eigenvalue weighted by atomic mass is 10.1. The molecule has 1 aliphatic heterocycles. The Kier molecular flexibility index (Phi) is 3.44. The first-order chi connectivity index (χ1) is 7.25. The molecule has 0 radical (unpaired) electrons. The Hall–Kier alpha value is -0.800. The van der Waals surface area contributed by atoms with Crippen LogP contribution in [0.25, 0.3) is 0 Å². The van der Waals surface area contributed by atoms with Crippen LogP contribution in [0.2, 0.25) is 0 Å². The summed E-state index contributed by atoms with van der Waals surface area (Å²) in [5.74, 6) is 1.09. The third-order valence-corrected chi connectivity index (χ3v) is 3.12. The molecule has 0 amide bonds. The molecular weight excluding hydrogens is 188 g/mol. The van der Waals surface area contributed by atoms with Crippen LogP contribution in [0.4, 0.5) is 0 Å². The number of hydrogen-bond donors (Lipinski definition) is 1. The van der Waals surface area contributed by atoms with Crippen LogP contribution in [0.5, 0.6) is 0 Å². The van der Waals surface area contributed by atoms with Gasteiger partial charge in [0.15, 0.2) is 0 Å². The zero-order valence-corrected chi connectivity index (χ0v) is 9.57. The summed E-state index contributed by atoms with van der Waals surface area (Å²) in [7, 11) is 0. The lowest BCUT2D eigenvalue weighted by molar-refractivity contribution is 0.146. The van der Waals surface area contributed by atoms with Gasteiger partial charge in [-0.05, 0) is 26.0 Å². The summed E-state index contributed by atoms with van der Waals surface area (Å²) in [5.41, 5.74) is 0. The van der Waals surface area contributed by atoms with E-state index in [1.54, 1.807) is 6.26 Å². The summed E-state index contributed by atoms with van der Waals surface area (Å²) in [6.07, 6.45) is 2.77. The summed E-state index contributed by atoms with van der Waals surface area (Å²) < 4.78 is 5.34. The summed E-state index contributed by atoms with van der Waals surface area (Å²) in [5, 5.41) is 3.49. The molecule has 84 valence electrons. The molecule has 2 unspecified atom stereocenters. The van der Waals surface area contributed by atoms with Crippen molar-refractivity contribution in [2.45, 2.75) is 32.4 Å². The second kappa shape index (κ2) is 4.81. The summed E-state index contributed by atoms with van der Waals surface area (Å²) in [6, 6.07) is 5.25. The van der Waals surface area contributed by atoms with E-state index < -0.39 is 0 Å². The molecular formula is C12H20N2O. The van der Waals surface area contributed by atoms with E-state index in [2.05, 4.69) is 30.1 Å². The van der Waals surface area contributed by atoms with E-state index in [0.717, 1.165) is 31.8 Å². The zero-order valence-electron chi connectivity index (χ0n) is 9.57. The van der Waals surface area contributed by atoms with Gasteiger partial charge in [0.05, 0.1) is 6.26 Å². The van der Waals surface area contributed by atoms with Crippen molar-refractivity contribution in [3.63, 3.8) is 0 Å². The Bertz CT molecular complexity index is 284. The van der Waals surface area contributed by atoms with Crippen molar-refractivity contribution in [1.29, 1.82) is 0 Å². The van der Waals surface area contributed by atoms with Crippen molar-refractivity contribution in [2.75, 3.05) is 19.6 Å². The average molecular weight is 208 g/mol. The fourth-order valence-electron chi connectivity index (χ4n) is 2.12. The Morgan fingerprint density at radius 2 is 2.40 bits per heavy atom. The fourth-order valence-corrected chi connectivity index (χ4v) is 2.12. The van der Waals surface area contributed by atoms with Crippen LogP contribution in [0, 0.1) is 0 Å². The van der Waals surface area contributed by atoms with Crippen LogP contribution in [-0.4, -0.2) is 36.6 Å². The van der Waals surface area contributed by atoms with Crippen LogP contribution in [0.15, 0.2) is 22.8 Å². The first kappa shape index (κ1) is 10.7. The smallest absolute Gasteiger partial charge is 0.105 e. The highest BCUT2D eigenvalue weighted by Crippen LogP contribution is 2.09. The Labute approximate surface area is 91.4 Å². The molecule has 3 heteroatoms. The highest BCUT2D eigenvalue weighted by molar-refractivity contribution is 4.99. The number of furan rings is 1. The Morgan fingerprint density at radius 1 is 1.53 bits per heavy atom. The van der Waals surface area contributed by atoms with Crippen LogP contribution in [0.3, 0.4) is 0 Å². The number of piperazine rings is 1. The molecule has 2 atom stereocenters. The third kappa shape index (κ3) is 2.83. The maximum atomic E-state index is 5.34. The Morgan fingerprint density at radius 3 is 3.13 bits per heavy atom. The van der Waals surface area contributed by atoms with Crippen molar-refractivity contribution >= 4 is 0 Å². The largest absolute Gasteiger partial charge is 0.469 e. The van der Waals surface area contributed by atoms with Gasteiger partial charge < -0.3 is 9.73 Å². The quantitative estimate of drug-likeness (QED) is 0.816. The van der Waals surface area contributed by atoms with Crippen molar-refractivity contribution in [1.82, 2.24) is 10.2 Å². The van der Waals surface area contributed by atoms with Crippen molar-refractivity contribution < 1.29 is 4.42 Å². The number of rotatable bonds is 3. The van der Waals surface area contributed by atoms with Gasteiger partial charge in [-0.2, -0.15) is 0 Å². The van der Waals surface area contributed by atoms with Crippen LogP contribution in [-0.2, 0) is 6.42 Å². The van der Waals surface area contributed by atoms with Crippen LogP contribution in [0.1, 0.15) is 19.6 Å². The van der Waals surface area contributed by atoms with Crippen LogP contribution >= 0.6 is 0 Å². The average Bonchev–Trinajstić information content (AvgIpc) is 2.72. The van der Waals surface area contributed by atoms with Gasteiger partial charge >= 0.3 is 0 Å². The van der Waals surface area contributed by atoms with Gasteiger partial charge in [0.1, 0.15) is 5.76 Å². The van der Waals surface area contributed by atoms with Crippen molar-refractivity contribution in [3.05, 3.63) is 24.2 Å². The van der Waals surface area contributed by atoms with Crippen molar-refractivity contribution in [2.24, 2.45) is 0 Å². The van der Waals surface area contributed by atoms with Gasteiger partial charge in [-0.25, -0.2) is 0 Å². The second-order valence-electron chi connectivity index (χ2n) is 4.48. The molecule has 1 aromatic heterocycles. The maximum Gasteiger partial charge on any atom is 0.105 e. The first-order valence-corrected chi connectivity index (χ1v) is 5.75. The van der Waals surface area contributed by atoms with Crippen molar-refractivity contribution in [3.8, 4) is 0 Å². The topological polar surface area (TPSA) is 28.4 Å². The van der Waals surface area contributed by atoms with E-state index in [0.29, 0.717) is 12.1 Å². The standard InChI is InChI=1S/C12H20N2O/c1-10-9-14(11(2)8-13-10)6-5-12-4-3-7-15-12/h3-4,7,10-11,13H,5-6,8-9H2,1-2H3. The summed E-state index contributed by atoms with van der Waals surface area (Å²) >= 11 is 0. The number of hydrogen-bond acceptors (Lipinski definition) is 3. The van der Waals surface area contributed by atoms with Gasteiger partial charge in [-0.1, -0.05) is 0 Å². The van der Waals surface area contributed by atoms with E-state index in [4.69, 9.17) is 4.42 Å². The minimum Gasteiger partial charge on any atom is -0.469 e. The first-order valence-electron chi connectivity index (χ1n) is 5.75. The number of nitrogens with one attached hydrogen (secondary N) is 1. The monoisotopic (exact) mass is 208 g/mol. The highest BCUT2D eigenvalue weighted by atomic mass is 16.3. The lowest BCUT2D eigenvalue weighted by Gasteiger charge is -2.37. The molecule has 1 aliphatic rings. The molecule has 1 N–H and O–H groups in total. The SMILES string of the molecule is CC1CN(CCc2ccco2)C(C)CN1. The molecule has 0 spiro atoms. The minimum absolute atomic E-state index is 0.609. The molecule has 0 aliphatic carbocycles. The maximum absolute atomic E-state index is 5.34. The predicted octanol–water partition coefficient (Wildman–Crippen LogP) is 1.50. The van der Waals surface area contributed by atoms with Gasteiger partial charge in [0.25, 0.3) is 0 Å². The normalized spacial score (nSPS) is 28.1. The van der Waals surface area contributed by atoms with Crippen LogP contribution < -0.4 is 5.32 Å². The lowest BCUT2D eigenvalue weighted by Crippen LogP contribution is -2.54.